The molecule has 0 amide bonds. The molecule has 1 aliphatic rings. The summed E-state index contributed by atoms with van der Waals surface area (Å²) in [4.78, 5) is 0. The van der Waals surface area contributed by atoms with Crippen LogP contribution in [0.4, 0.5) is 0 Å². The fraction of sp³-hybridized carbons (Fsp3) is 0.538. The summed E-state index contributed by atoms with van der Waals surface area (Å²) in [5, 5.41) is 0. The standard InChI is InChI=1S/C13H19NO2S/c1-15-9-3-4-13-11(7-9)12(14)8-10(16-13)5-6-17-2/h3-4,7,10,12H,5-6,8,14H2,1-2H3. The van der Waals surface area contributed by atoms with Gasteiger partial charge in [-0.2, -0.15) is 11.8 Å². The number of methoxy groups -OCH3 is 1. The molecule has 0 fully saturated rings. The third-order valence-corrected chi connectivity index (χ3v) is 3.71. The molecule has 94 valence electrons. The Morgan fingerprint density at radius 2 is 2.35 bits per heavy atom. The summed E-state index contributed by atoms with van der Waals surface area (Å²) < 4.78 is 11.2. The number of hydrogen-bond acceptors (Lipinski definition) is 4. The van der Waals surface area contributed by atoms with Gasteiger partial charge in [-0.3, -0.25) is 0 Å². The van der Waals surface area contributed by atoms with Crippen molar-refractivity contribution in [1.82, 2.24) is 0 Å². The lowest BCUT2D eigenvalue weighted by atomic mass is 9.96. The molecule has 2 rings (SSSR count). The van der Waals surface area contributed by atoms with E-state index < -0.39 is 0 Å². The highest BCUT2D eigenvalue weighted by Crippen LogP contribution is 2.36. The van der Waals surface area contributed by atoms with Crippen molar-refractivity contribution in [2.45, 2.75) is 25.0 Å². The highest BCUT2D eigenvalue weighted by Gasteiger charge is 2.25. The van der Waals surface area contributed by atoms with Gasteiger partial charge < -0.3 is 15.2 Å². The second-order valence-electron chi connectivity index (χ2n) is 4.27. The SMILES string of the molecule is COc1ccc2c(c1)C(N)CC(CCSC)O2. The van der Waals surface area contributed by atoms with Crippen LogP contribution < -0.4 is 15.2 Å². The van der Waals surface area contributed by atoms with Gasteiger partial charge in [-0.25, -0.2) is 0 Å². The molecule has 0 radical (unpaired) electrons. The van der Waals surface area contributed by atoms with Gasteiger partial charge in [0, 0.05) is 18.0 Å². The summed E-state index contributed by atoms with van der Waals surface area (Å²) in [5.41, 5.74) is 7.25. The summed E-state index contributed by atoms with van der Waals surface area (Å²) in [6.07, 6.45) is 4.31. The van der Waals surface area contributed by atoms with Crippen molar-refractivity contribution < 1.29 is 9.47 Å². The van der Waals surface area contributed by atoms with Crippen molar-refractivity contribution in [3.63, 3.8) is 0 Å². The minimum Gasteiger partial charge on any atom is -0.497 e. The van der Waals surface area contributed by atoms with E-state index in [0.29, 0.717) is 0 Å². The van der Waals surface area contributed by atoms with E-state index in [1.54, 1.807) is 7.11 Å². The number of fused-ring (bicyclic) bond motifs is 1. The molecule has 3 nitrogen and oxygen atoms in total. The van der Waals surface area contributed by atoms with Gasteiger partial charge in [-0.05, 0) is 36.6 Å². The van der Waals surface area contributed by atoms with Gasteiger partial charge in [0.1, 0.15) is 17.6 Å². The van der Waals surface area contributed by atoms with Crippen molar-refractivity contribution in [1.29, 1.82) is 0 Å². The van der Waals surface area contributed by atoms with Gasteiger partial charge in [0.25, 0.3) is 0 Å². The van der Waals surface area contributed by atoms with Crippen LogP contribution in [-0.2, 0) is 0 Å². The van der Waals surface area contributed by atoms with Crippen molar-refractivity contribution in [2.24, 2.45) is 5.73 Å². The van der Waals surface area contributed by atoms with E-state index in [4.69, 9.17) is 15.2 Å². The Morgan fingerprint density at radius 3 is 3.06 bits per heavy atom. The predicted molar refractivity (Wildman–Crippen MR) is 72.0 cm³/mol. The van der Waals surface area contributed by atoms with Crippen LogP contribution in [0.1, 0.15) is 24.4 Å². The number of nitrogens with two attached hydrogens (primary N) is 1. The third-order valence-electron chi connectivity index (χ3n) is 3.07. The highest BCUT2D eigenvalue weighted by molar-refractivity contribution is 7.98. The molecule has 0 saturated heterocycles. The van der Waals surface area contributed by atoms with Crippen LogP contribution in [0.3, 0.4) is 0 Å². The molecule has 0 spiro atoms. The first-order valence-corrected chi connectivity index (χ1v) is 7.23. The minimum atomic E-state index is 0.0562. The zero-order valence-electron chi connectivity index (χ0n) is 10.3. The topological polar surface area (TPSA) is 44.5 Å². The zero-order chi connectivity index (χ0) is 12.3. The maximum Gasteiger partial charge on any atom is 0.124 e. The lowest BCUT2D eigenvalue weighted by Gasteiger charge is -2.30. The van der Waals surface area contributed by atoms with E-state index in [0.717, 1.165) is 35.7 Å². The summed E-state index contributed by atoms with van der Waals surface area (Å²) in [6.45, 7) is 0. The Hall–Kier alpha value is -0.870. The first-order chi connectivity index (χ1) is 8.24. The molecule has 0 saturated carbocycles. The van der Waals surface area contributed by atoms with Crippen molar-refractivity contribution in [3.05, 3.63) is 23.8 Å². The fourth-order valence-corrected chi connectivity index (χ4v) is 2.61. The Morgan fingerprint density at radius 1 is 1.53 bits per heavy atom. The van der Waals surface area contributed by atoms with Gasteiger partial charge in [-0.1, -0.05) is 0 Å². The number of rotatable bonds is 4. The van der Waals surface area contributed by atoms with Crippen LogP contribution in [0, 0.1) is 0 Å². The largest absolute Gasteiger partial charge is 0.497 e. The van der Waals surface area contributed by atoms with Gasteiger partial charge in [0.2, 0.25) is 0 Å². The minimum absolute atomic E-state index is 0.0562. The molecule has 0 bridgehead atoms. The first-order valence-electron chi connectivity index (χ1n) is 5.83. The Balaban J connectivity index is 2.14. The predicted octanol–water partition coefficient (Wildman–Crippen LogP) is 2.60. The summed E-state index contributed by atoms with van der Waals surface area (Å²) in [7, 11) is 1.66. The lowest BCUT2D eigenvalue weighted by Crippen LogP contribution is -2.30. The van der Waals surface area contributed by atoms with Gasteiger partial charge >= 0.3 is 0 Å². The van der Waals surface area contributed by atoms with Crippen LogP contribution in [0.15, 0.2) is 18.2 Å². The molecule has 2 N–H and O–H groups in total. The van der Waals surface area contributed by atoms with Crippen LogP contribution >= 0.6 is 11.8 Å². The number of hydrogen-bond donors (Lipinski definition) is 1. The molecule has 17 heavy (non-hydrogen) atoms. The Labute approximate surface area is 107 Å². The van der Waals surface area contributed by atoms with Gasteiger partial charge in [0.05, 0.1) is 7.11 Å². The average Bonchev–Trinajstić information content (AvgIpc) is 2.36. The van der Waals surface area contributed by atoms with Crippen molar-refractivity contribution in [3.8, 4) is 11.5 Å². The fourth-order valence-electron chi connectivity index (χ4n) is 2.11. The first kappa shape index (κ1) is 12.6. The molecule has 1 aliphatic heterocycles. The Kier molecular flexibility index (Phi) is 4.18. The van der Waals surface area contributed by atoms with E-state index in [1.807, 2.05) is 30.0 Å². The lowest BCUT2D eigenvalue weighted by molar-refractivity contribution is 0.156. The van der Waals surface area contributed by atoms with E-state index in [2.05, 4.69) is 6.26 Å². The summed E-state index contributed by atoms with van der Waals surface area (Å²) in [5.74, 6) is 2.86. The molecule has 4 heteroatoms. The summed E-state index contributed by atoms with van der Waals surface area (Å²) in [6, 6.07) is 5.91. The van der Waals surface area contributed by atoms with E-state index >= 15 is 0 Å². The van der Waals surface area contributed by atoms with Crippen molar-refractivity contribution >= 4 is 11.8 Å². The van der Waals surface area contributed by atoms with Crippen LogP contribution in [0.25, 0.3) is 0 Å². The quantitative estimate of drug-likeness (QED) is 0.896. The molecular weight excluding hydrogens is 234 g/mol. The average molecular weight is 253 g/mol. The maximum absolute atomic E-state index is 6.19. The third kappa shape index (κ3) is 2.87. The van der Waals surface area contributed by atoms with Crippen LogP contribution in [0.5, 0.6) is 11.5 Å². The monoisotopic (exact) mass is 253 g/mol. The molecular formula is C13H19NO2S. The van der Waals surface area contributed by atoms with Crippen LogP contribution in [-0.4, -0.2) is 25.2 Å². The smallest absolute Gasteiger partial charge is 0.124 e. The number of ether oxygens (including phenoxy) is 2. The van der Waals surface area contributed by atoms with Crippen LogP contribution in [0.2, 0.25) is 0 Å². The second kappa shape index (κ2) is 5.65. The number of thioether (sulfide) groups is 1. The Bertz CT molecular complexity index is 384. The number of benzene rings is 1. The van der Waals surface area contributed by atoms with Crippen molar-refractivity contribution in [2.75, 3.05) is 19.1 Å². The molecule has 1 aromatic carbocycles. The molecule has 2 unspecified atom stereocenters. The van der Waals surface area contributed by atoms with Gasteiger partial charge in [-0.15, -0.1) is 0 Å². The van der Waals surface area contributed by atoms with E-state index in [1.165, 1.54) is 0 Å². The van der Waals surface area contributed by atoms with Gasteiger partial charge in [0.15, 0.2) is 0 Å². The molecule has 0 aromatic heterocycles. The molecule has 1 heterocycles. The second-order valence-corrected chi connectivity index (χ2v) is 5.25. The highest BCUT2D eigenvalue weighted by atomic mass is 32.2. The molecule has 2 atom stereocenters. The van der Waals surface area contributed by atoms with E-state index in [9.17, 15) is 0 Å². The normalized spacial score (nSPS) is 22.8. The maximum atomic E-state index is 6.19. The summed E-state index contributed by atoms with van der Waals surface area (Å²) >= 11 is 1.84. The van der Waals surface area contributed by atoms with E-state index in [-0.39, 0.29) is 12.1 Å². The molecule has 0 aliphatic carbocycles. The zero-order valence-corrected chi connectivity index (χ0v) is 11.1. The molecule has 1 aromatic rings.